The van der Waals surface area contributed by atoms with Gasteiger partial charge in [-0.15, -0.1) is 10.2 Å². The Morgan fingerprint density at radius 1 is 1.33 bits per heavy atom. The van der Waals surface area contributed by atoms with Crippen LogP contribution in [0, 0.1) is 5.82 Å². The molecule has 12 heteroatoms. The summed E-state index contributed by atoms with van der Waals surface area (Å²) in [5.41, 5.74) is 0.232. The zero-order valence-corrected chi connectivity index (χ0v) is 18.2. The summed E-state index contributed by atoms with van der Waals surface area (Å²) in [5, 5.41) is 10.2. The minimum absolute atomic E-state index is 0.0219. The number of carbonyl (C=O) groups excluding carboxylic acids is 3. The molecule has 1 saturated heterocycles. The molecule has 8 nitrogen and oxygen atoms in total. The third kappa shape index (κ3) is 5.86. The Kier molecular flexibility index (Phi) is 7.94. The lowest BCUT2D eigenvalue weighted by Gasteiger charge is -2.12. The molecule has 0 radical (unpaired) electrons. The van der Waals surface area contributed by atoms with E-state index < -0.39 is 17.0 Å². The van der Waals surface area contributed by atoms with Crippen molar-refractivity contribution in [3.8, 4) is 0 Å². The van der Waals surface area contributed by atoms with Gasteiger partial charge >= 0.3 is 0 Å². The van der Waals surface area contributed by atoms with Crippen LogP contribution in [0.5, 0.6) is 0 Å². The smallest absolute Gasteiger partial charge is 0.293 e. The Bertz CT molecular complexity index is 982. The second-order valence-electron chi connectivity index (χ2n) is 5.89. The highest BCUT2D eigenvalue weighted by molar-refractivity contribution is 8.18. The number of benzene rings is 1. The highest BCUT2D eigenvalue weighted by Crippen LogP contribution is 2.32. The van der Waals surface area contributed by atoms with E-state index in [1.54, 1.807) is 23.9 Å². The number of rotatable bonds is 9. The number of thioether (sulfide) groups is 3. The average Bonchev–Trinajstić information content (AvgIpc) is 3.28. The SMILES string of the molecule is CSCc1nnc(SCC(=O)NCCN2C(=O)SC(=Cc3ccccc3F)C2=O)o1. The van der Waals surface area contributed by atoms with E-state index >= 15 is 0 Å². The van der Waals surface area contributed by atoms with Gasteiger partial charge in [-0.2, -0.15) is 11.8 Å². The summed E-state index contributed by atoms with van der Waals surface area (Å²) < 4.78 is 19.1. The highest BCUT2D eigenvalue weighted by atomic mass is 32.2. The molecule has 1 aromatic carbocycles. The van der Waals surface area contributed by atoms with Gasteiger partial charge in [0, 0.05) is 18.7 Å². The predicted molar refractivity (Wildman–Crippen MR) is 114 cm³/mol. The standard InChI is InChI=1S/C18H17FN4O4S3/c1-28-10-15-21-22-17(27-15)29-9-14(24)20-6-7-23-16(25)13(30-18(23)26)8-11-4-2-3-5-12(11)19/h2-5,8H,6-7,9-10H2,1H3,(H,20,24). The van der Waals surface area contributed by atoms with Gasteiger partial charge < -0.3 is 9.73 Å². The van der Waals surface area contributed by atoms with Crippen molar-refractivity contribution < 1.29 is 23.2 Å². The van der Waals surface area contributed by atoms with Gasteiger partial charge in [-0.25, -0.2) is 4.39 Å². The number of aromatic nitrogens is 2. The monoisotopic (exact) mass is 468 g/mol. The third-order valence-corrected chi connectivity index (χ3v) is 6.03. The van der Waals surface area contributed by atoms with Gasteiger partial charge in [0.2, 0.25) is 11.8 Å². The molecule has 3 rings (SSSR count). The normalized spacial score (nSPS) is 15.3. The first-order chi connectivity index (χ1) is 14.5. The van der Waals surface area contributed by atoms with Crippen LogP contribution in [0.15, 0.2) is 38.8 Å². The van der Waals surface area contributed by atoms with Crippen molar-refractivity contribution in [3.05, 3.63) is 46.4 Å². The largest absolute Gasteiger partial charge is 0.415 e. The summed E-state index contributed by atoms with van der Waals surface area (Å²) in [4.78, 5) is 37.6. The molecule has 1 aromatic heterocycles. The van der Waals surface area contributed by atoms with Crippen LogP contribution in [0.25, 0.3) is 6.08 Å². The molecule has 0 aliphatic carbocycles. The van der Waals surface area contributed by atoms with Crippen LogP contribution >= 0.6 is 35.3 Å². The maximum absolute atomic E-state index is 13.8. The molecule has 0 spiro atoms. The molecular weight excluding hydrogens is 451 g/mol. The summed E-state index contributed by atoms with van der Waals surface area (Å²) in [6.45, 7) is 0.125. The van der Waals surface area contributed by atoms with Crippen molar-refractivity contribution >= 4 is 58.4 Å². The zero-order valence-electron chi connectivity index (χ0n) is 15.8. The molecule has 1 aliphatic heterocycles. The van der Waals surface area contributed by atoms with Crippen molar-refractivity contribution in [3.63, 3.8) is 0 Å². The van der Waals surface area contributed by atoms with Gasteiger partial charge in [0.25, 0.3) is 16.4 Å². The predicted octanol–water partition coefficient (Wildman–Crippen LogP) is 3.02. The third-order valence-electron chi connectivity index (χ3n) is 3.77. The maximum Gasteiger partial charge on any atom is 0.293 e. The molecule has 1 aliphatic rings. The van der Waals surface area contributed by atoms with Gasteiger partial charge in [-0.05, 0) is 30.2 Å². The number of nitrogens with zero attached hydrogens (tertiary/aromatic N) is 3. The fourth-order valence-electron chi connectivity index (χ4n) is 2.39. The van der Waals surface area contributed by atoms with Gasteiger partial charge in [0.05, 0.1) is 16.4 Å². The Morgan fingerprint density at radius 2 is 2.13 bits per heavy atom. The van der Waals surface area contributed by atoms with Crippen molar-refractivity contribution in [2.45, 2.75) is 11.0 Å². The number of nitrogens with one attached hydrogen (secondary N) is 1. The van der Waals surface area contributed by atoms with Crippen molar-refractivity contribution in [2.24, 2.45) is 0 Å². The summed E-state index contributed by atoms with van der Waals surface area (Å²) in [6, 6.07) is 5.99. The van der Waals surface area contributed by atoms with Crippen molar-refractivity contribution in [1.82, 2.24) is 20.4 Å². The lowest BCUT2D eigenvalue weighted by atomic mass is 10.2. The Labute approximate surface area is 184 Å². The maximum atomic E-state index is 13.8. The van der Waals surface area contributed by atoms with Crippen LogP contribution in [0.4, 0.5) is 9.18 Å². The summed E-state index contributed by atoms with van der Waals surface area (Å²) in [7, 11) is 0. The van der Waals surface area contributed by atoms with Gasteiger partial charge in [-0.1, -0.05) is 30.0 Å². The fourth-order valence-corrected chi connectivity index (χ4v) is 4.22. The topological polar surface area (TPSA) is 105 Å². The molecule has 1 N–H and O–H groups in total. The van der Waals surface area contributed by atoms with Crippen LogP contribution in [0.1, 0.15) is 11.5 Å². The molecule has 0 unspecified atom stereocenters. The second-order valence-corrected chi connectivity index (χ2v) is 8.67. The highest BCUT2D eigenvalue weighted by Gasteiger charge is 2.34. The van der Waals surface area contributed by atoms with Gasteiger partial charge in [0.15, 0.2) is 0 Å². The molecule has 0 bridgehead atoms. The van der Waals surface area contributed by atoms with Gasteiger partial charge in [-0.3, -0.25) is 19.3 Å². The zero-order chi connectivity index (χ0) is 21.5. The lowest BCUT2D eigenvalue weighted by molar-refractivity contribution is -0.123. The van der Waals surface area contributed by atoms with Gasteiger partial charge in [0.1, 0.15) is 5.82 Å². The molecule has 2 heterocycles. The van der Waals surface area contributed by atoms with E-state index in [-0.39, 0.29) is 35.2 Å². The number of carbonyl (C=O) groups is 3. The Morgan fingerprint density at radius 3 is 2.90 bits per heavy atom. The van der Waals surface area contributed by atoms with Crippen LogP contribution in [0.2, 0.25) is 0 Å². The second kappa shape index (κ2) is 10.6. The van der Waals surface area contributed by atoms with E-state index in [1.807, 2.05) is 6.26 Å². The van der Waals surface area contributed by atoms with Crippen molar-refractivity contribution in [2.75, 3.05) is 25.1 Å². The van der Waals surface area contributed by atoms with E-state index in [9.17, 15) is 18.8 Å². The number of hydrogen-bond donors (Lipinski definition) is 1. The van der Waals surface area contributed by atoms with Crippen LogP contribution in [0.3, 0.4) is 0 Å². The first-order valence-corrected chi connectivity index (χ1v) is 11.9. The summed E-state index contributed by atoms with van der Waals surface area (Å²) in [6.07, 6.45) is 3.27. The van der Waals surface area contributed by atoms with E-state index in [0.29, 0.717) is 16.9 Å². The van der Waals surface area contributed by atoms with Crippen LogP contribution < -0.4 is 5.32 Å². The quantitative estimate of drug-likeness (QED) is 0.439. The van der Waals surface area contributed by atoms with Crippen LogP contribution in [-0.2, 0) is 15.3 Å². The van der Waals surface area contributed by atoms with E-state index in [1.165, 1.54) is 18.2 Å². The Balaban J connectivity index is 1.46. The number of hydrogen-bond acceptors (Lipinski definition) is 9. The number of imide groups is 1. The Hall–Kier alpha value is -2.31. The average molecular weight is 469 g/mol. The molecule has 2 aromatic rings. The molecule has 3 amide bonds. The summed E-state index contributed by atoms with van der Waals surface area (Å²) in [5.74, 6) is -0.120. The molecular formula is C18H17FN4O4S3. The van der Waals surface area contributed by atoms with E-state index in [2.05, 4.69) is 15.5 Å². The first kappa shape index (κ1) is 22.4. The minimum Gasteiger partial charge on any atom is -0.415 e. The van der Waals surface area contributed by atoms with Crippen LogP contribution in [-0.4, -0.2) is 57.2 Å². The summed E-state index contributed by atoms with van der Waals surface area (Å²) >= 11 is 3.40. The first-order valence-electron chi connectivity index (χ1n) is 8.68. The minimum atomic E-state index is -0.510. The molecule has 0 saturated carbocycles. The molecule has 1 fully saturated rings. The number of amides is 3. The van der Waals surface area contributed by atoms with E-state index in [4.69, 9.17) is 4.42 Å². The molecule has 0 atom stereocenters. The molecule has 158 valence electrons. The van der Waals surface area contributed by atoms with E-state index in [0.717, 1.165) is 28.4 Å². The fraction of sp³-hybridized carbons (Fsp3) is 0.278. The molecule has 30 heavy (non-hydrogen) atoms. The lowest BCUT2D eigenvalue weighted by Crippen LogP contribution is -2.37. The number of halogens is 1. The van der Waals surface area contributed by atoms with Crippen molar-refractivity contribution in [1.29, 1.82) is 0 Å².